The maximum Gasteiger partial charge on any atom is 0.188 e. The molecule has 0 spiro atoms. The Bertz CT molecular complexity index is 138. The van der Waals surface area contributed by atoms with E-state index < -0.39 is 0 Å². The van der Waals surface area contributed by atoms with E-state index in [0.29, 0.717) is 11.4 Å². The summed E-state index contributed by atoms with van der Waals surface area (Å²) >= 11 is 0. The van der Waals surface area contributed by atoms with Crippen LogP contribution < -0.4 is 11.1 Å². The maximum absolute atomic E-state index is 5.27. The lowest BCUT2D eigenvalue weighted by molar-refractivity contribution is 0.469. The van der Waals surface area contributed by atoms with Crippen molar-refractivity contribution in [3.63, 3.8) is 0 Å². The molecule has 1 aliphatic heterocycles. The third-order valence-corrected chi connectivity index (χ3v) is 0.923. The molecule has 3 heteroatoms. The van der Waals surface area contributed by atoms with Crippen molar-refractivity contribution >= 4 is 5.96 Å². The molecule has 3 N–H and O–H groups in total. The van der Waals surface area contributed by atoms with Crippen LogP contribution in [0.25, 0.3) is 0 Å². The standard InChI is InChI=1S/C5H12.C4H9N3/c1-5(2,3)4;5-4-6-2-1-3-7-4/h1-4H3;1-3H2,(H3,5,6,7). The van der Waals surface area contributed by atoms with Crippen molar-refractivity contribution in [1.29, 1.82) is 0 Å². The first kappa shape index (κ1) is 11.3. The third-order valence-electron chi connectivity index (χ3n) is 0.923. The van der Waals surface area contributed by atoms with Crippen molar-refractivity contribution in [2.45, 2.75) is 34.1 Å². The molecule has 0 amide bonds. The van der Waals surface area contributed by atoms with Crippen LogP contribution in [0.2, 0.25) is 0 Å². The van der Waals surface area contributed by atoms with Gasteiger partial charge in [-0.05, 0) is 11.8 Å². The van der Waals surface area contributed by atoms with Crippen molar-refractivity contribution in [2.75, 3.05) is 13.1 Å². The average Bonchev–Trinajstić information content (AvgIpc) is 1.85. The highest BCUT2D eigenvalue weighted by atomic mass is 15.1. The highest BCUT2D eigenvalue weighted by Crippen LogP contribution is 2.08. The number of nitrogens with zero attached hydrogens (tertiary/aromatic N) is 1. The number of hydrogen-bond donors (Lipinski definition) is 2. The molecule has 3 nitrogen and oxygen atoms in total. The number of nitrogens with one attached hydrogen (secondary N) is 1. The van der Waals surface area contributed by atoms with Gasteiger partial charge in [0, 0.05) is 13.1 Å². The van der Waals surface area contributed by atoms with E-state index in [1.54, 1.807) is 0 Å². The quantitative estimate of drug-likeness (QED) is 0.578. The SMILES string of the molecule is CC(C)(C)C.NC1=NCCCN1. The number of guanidine groups is 1. The molecule has 0 aromatic rings. The molecule has 0 fully saturated rings. The van der Waals surface area contributed by atoms with E-state index in [-0.39, 0.29) is 0 Å². The predicted molar refractivity (Wildman–Crippen MR) is 54.2 cm³/mol. The molecule has 0 radical (unpaired) electrons. The minimum Gasteiger partial charge on any atom is -0.370 e. The normalized spacial score (nSPS) is 16.8. The van der Waals surface area contributed by atoms with E-state index in [4.69, 9.17) is 5.73 Å². The van der Waals surface area contributed by atoms with Gasteiger partial charge in [-0.3, -0.25) is 4.99 Å². The van der Waals surface area contributed by atoms with E-state index in [0.717, 1.165) is 19.5 Å². The van der Waals surface area contributed by atoms with Gasteiger partial charge < -0.3 is 11.1 Å². The molecule has 0 unspecified atom stereocenters. The lowest BCUT2D eigenvalue weighted by atomic mass is 10.0. The molecule has 0 saturated heterocycles. The summed E-state index contributed by atoms with van der Waals surface area (Å²) in [6.07, 6.45) is 1.11. The molecule has 72 valence electrons. The van der Waals surface area contributed by atoms with Crippen LogP contribution in [0.3, 0.4) is 0 Å². The summed E-state index contributed by atoms with van der Waals surface area (Å²) in [5, 5.41) is 2.91. The summed E-state index contributed by atoms with van der Waals surface area (Å²) in [7, 11) is 0. The summed E-state index contributed by atoms with van der Waals surface area (Å²) in [5.41, 5.74) is 5.77. The van der Waals surface area contributed by atoms with Crippen molar-refractivity contribution in [3.8, 4) is 0 Å². The minimum atomic E-state index is 0.500. The summed E-state index contributed by atoms with van der Waals surface area (Å²) in [4.78, 5) is 3.91. The molecule has 0 saturated carbocycles. The lowest BCUT2D eigenvalue weighted by Crippen LogP contribution is -2.35. The molecule has 1 heterocycles. The zero-order chi connectivity index (χ0) is 9.61. The predicted octanol–water partition coefficient (Wildman–Crippen LogP) is 1.35. The Morgan fingerprint density at radius 2 is 1.83 bits per heavy atom. The summed E-state index contributed by atoms with van der Waals surface area (Å²) < 4.78 is 0. The maximum atomic E-state index is 5.27. The summed E-state index contributed by atoms with van der Waals surface area (Å²) in [5.74, 6) is 0.589. The second-order valence-corrected chi connectivity index (χ2v) is 4.55. The topological polar surface area (TPSA) is 50.4 Å². The molecule has 12 heavy (non-hydrogen) atoms. The Morgan fingerprint density at radius 3 is 2.00 bits per heavy atom. The van der Waals surface area contributed by atoms with Gasteiger partial charge in [-0.15, -0.1) is 0 Å². The van der Waals surface area contributed by atoms with E-state index in [9.17, 15) is 0 Å². The van der Waals surface area contributed by atoms with Crippen LogP contribution in [-0.2, 0) is 0 Å². The fourth-order valence-corrected chi connectivity index (χ4v) is 0.551. The Kier molecular flexibility index (Phi) is 4.71. The zero-order valence-corrected chi connectivity index (χ0v) is 8.65. The van der Waals surface area contributed by atoms with Gasteiger partial charge in [0.25, 0.3) is 0 Å². The fourth-order valence-electron chi connectivity index (χ4n) is 0.551. The first-order valence-electron chi connectivity index (χ1n) is 4.43. The van der Waals surface area contributed by atoms with Crippen molar-refractivity contribution in [1.82, 2.24) is 5.32 Å². The smallest absolute Gasteiger partial charge is 0.188 e. The minimum absolute atomic E-state index is 0.500. The number of aliphatic imine (C=N–C) groups is 1. The van der Waals surface area contributed by atoms with Gasteiger partial charge in [0.05, 0.1) is 0 Å². The van der Waals surface area contributed by atoms with E-state index >= 15 is 0 Å². The van der Waals surface area contributed by atoms with Crippen molar-refractivity contribution in [3.05, 3.63) is 0 Å². The Hall–Kier alpha value is -0.730. The zero-order valence-electron chi connectivity index (χ0n) is 8.65. The number of rotatable bonds is 0. The van der Waals surface area contributed by atoms with Crippen LogP contribution >= 0.6 is 0 Å². The van der Waals surface area contributed by atoms with Crippen LogP contribution in [0.15, 0.2) is 4.99 Å². The van der Waals surface area contributed by atoms with Gasteiger partial charge in [-0.1, -0.05) is 27.7 Å². The monoisotopic (exact) mass is 171 g/mol. The van der Waals surface area contributed by atoms with E-state index in [1.165, 1.54) is 0 Å². The Labute approximate surface area is 75.4 Å². The van der Waals surface area contributed by atoms with Gasteiger partial charge in [0.2, 0.25) is 0 Å². The van der Waals surface area contributed by atoms with Gasteiger partial charge in [-0.25, -0.2) is 0 Å². The molecule has 1 aliphatic rings. The van der Waals surface area contributed by atoms with Crippen LogP contribution in [0.1, 0.15) is 34.1 Å². The van der Waals surface area contributed by atoms with Crippen LogP contribution in [0.4, 0.5) is 0 Å². The van der Waals surface area contributed by atoms with Crippen molar-refractivity contribution < 1.29 is 0 Å². The van der Waals surface area contributed by atoms with Crippen molar-refractivity contribution in [2.24, 2.45) is 16.1 Å². The molecular formula is C9H21N3. The molecular weight excluding hydrogens is 150 g/mol. The number of hydrogen-bond acceptors (Lipinski definition) is 3. The fraction of sp³-hybridized carbons (Fsp3) is 0.889. The highest BCUT2D eigenvalue weighted by Gasteiger charge is 1.95. The van der Waals surface area contributed by atoms with E-state index in [2.05, 4.69) is 38.0 Å². The molecule has 0 aromatic carbocycles. The molecule has 0 aromatic heterocycles. The number of nitrogens with two attached hydrogens (primary N) is 1. The molecule has 0 atom stereocenters. The Balaban J connectivity index is 0.000000217. The second-order valence-electron chi connectivity index (χ2n) is 4.55. The van der Waals surface area contributed by atoms with Gasteiger partial charge in [0.15, 0.2) is 5.96 Å². The largest absolute Gasteiger partial charge is 0.370 e. The average molecular weight is 171 g/mol. The van der Waals surface area contributed by atoms with Gasteiger partial charge >= 0.3 is 0 Å². The summed E-state index contributed by atoms with van der Waals surface area (Å²) in [6, 6.07) is 0. The van der Waals surface area contributed by atoms with Crippen LogP contribution in [0.5, 0.6) is 0 Å². The second kappa shape index (κ2) is 5.01. The first-order valence-corrected chi connectivity index (χ1v) is 4.43. The first-order chi connectivity index (χ1) is 5.39. The van der Waals surface area contributed by atoms with Gasteiger partial charge in [0.1, 0.15) is 0 Å². The van der Waals surface area contributed by atoms with E-state index in [1.807, 2.05) is 0 Å². The Morgan fingerprint density at radius 1 is 1.33 bits per heavy atom. The highest BCUT2D eigenvalue weighted by molar-refractivity contribution is 5.78. The molecule has 0 bridgehead atoms. The van der Waals surface area contributed by atoms with Gasteiger partial charge in [-0.2, -0.15) is 0 Å². The van der Waals surface area contributed by atoms with Crippen LogP contribution in [-0.4, -0.2) is 19.0 Å². The lowest BCUT2D eigenvalue weighted by Gasteiger charge is -2.08. The van der Waals surface area contributed by atoms with Crippen LogP contribution in [0, 0.1) is 5.41 Å². The summed E-state index contributed by atoms with van der Waals surface area (Å²) in [6.45, 7) is 10.6. The molecule has 0 aliphatic carbocycles. The third kappa shape index (κ3) is 12.0. The molecule has 1 rings (SSSR count).